The molecule has 0 radical (unpaired) electrons. The van der Waals surface area contributed by atoms with E-state index in [2.05, 4.69) is 5.32 Å². The molecule has 0 atom stereocenters. The van der Waals surface area contributed by atoms with Gasteiger partial charge in [-0.2, -0.15) is 0 Å². The third kappa shape index (κ3) is 3.89. The van der Waals surface area contributed by atoms with Crippen LogP contribution in [0.2, 0.25) is 5.02 Å². The second-order valence-corrected chi connectivity index (χ2v) is 6.37. The molecule has 1 amide bonds. The first-order valence-corrected chi connectivity index (χ1v) is 8.47. The van der Waals surface area contributed by atoms with Crippen molar-refractivity contribution in [1.82, 2.24) is 5.32 Å². The molecule has 0 aliphatic rings. The Morgan fingerprint density at radius 3 is 2.62 bits per heavy atom. The summed E-state index contributed by atoms with van der Waals surface area (Å²) in [6.07, 6.45) is -0.0380. The number of benzene rings is 2. The van der Waals surface area contributed by atoms with E-state index < -0.39 is 5.63 Å². The van der Waals surface area contributed by atoms with Crippen LogP contribution in [0, 0.1) is 6.92 Å². The van der Waals surface area contributed by atoms with E-state index in [4.69, 9.17) is 20.8 Å². The van der Waals surface area contributed by atoms with Crippen LogP contribution in [0.5, 0.6) is 5.75 Å². The molecule has 0 fully saturated rings. The number of carbonyl (C=O) groups excluding carboxylic acids is 1. The van der Waals surface area contributed by atoms with Crippen molar-refractivity contribution < 1.29 is 13.9 Å². The van der Waals surface area contributed by atoms with Crippen molar-refractivity contribution in [2.75, 3.05) is 7.11 Å². The van der Waals surface area contributed by atoms with Crippen molar-refractivity contribution in [1.29, 1.82) is 0 Å². The molecule has 6 heteroatoms. The first-order valence-electron chi connectivity index (χ1n) is 8.09. The van der Waals surface area contributed by atoms with Crippen molar-refractivity contribution in [2.24, 2.45) is 0 Å². The summed E-state index contributed by atoms with van der Waals surface area (Å²) in [6.45, 7) is 2.18. The summed E-state index contributed by atoms with van der Waals surface area (Å²) in [5, 5.41) is 4.23. The summed E-state index contributed by atoms with van der Waals surface area (Å²) >= 11 is 5.84. The molecule has 0 saturated heterocycles. The van der Waals surface area contributed by atoms with Crippen molar-refractivity contribution in [2.45, 2.75) is 19.9 Å². The SMILES string of the molecule is COc1ccc2c(C)c(CC(=O)NCc3ccc(Cl)cc3)c(=O)oc2c1. The quantitative estimate of drug-likeness (QED) is 0.695. The summed E-state index contributed by atoms with van der Waals surface area (Å²) in [5.41, 5.74) is 1.95. The van der Waals surface area contributed by atoms with Crippen LogP contribution in [-0.2, 0) is 17.8 Å². The Labute approximate surface area is 155 Å². The van der Waals surface area contributed by atoms with Gasteiger partial charge in [0.2, 0.25) is 5.91 Å². The van der Waals surface area contributed by atoms with Crippen LogP contribution in [-0.4, -0.2) is 13.0 Å². The second-order valence-electron chi connectivity index (χ2n) is 5.94. The number of fused-ring (bicyclic) bond motifs is 1. The monoisotopic (exact) mass is 371 g/mol. The minimum absolute atomic E-state index is 0.0380. The van der Waals surface area contributed by atoms with Gasteiger partial charge in [0.05, 0.1) is 19.1 Å². The van der Waals surface area contributed by atoms with E-state index in [0.717, 1.165) is 16.5 Å². The Balaban J connectivity index is 1.78. The Bertz CT molecular complexity index is 1010. The van der Waals surface area contributed by atoms with Gasteiger partial charge in [0, 0.05) is 23.0 Å². The maximum Gasteiger partial charge on any atom is 0.340 e. The van der Waals surface area contributed by atoms with E-state index in [-0.39, 0.29) is 12.3 Å². The van der Waals surface area contributed by atoms with Crippen molar-refractivity contribution in [3.05, 3.63) is 74.6 Å². The largest absolute Gasteiger partial charge is 0.497 e. The number of amides is 1. The fraction of sp³-hybridized carbons (Fsp3) is 0.200. The van der Waals surface area contributed by atoms with Gasteiger partial charge in [-0.3, -0.25) is 4.79 Å². The third-order valence-electron chi connectivity index (χ3n) is 4.23. The maximum absolute atomic E-state index is 12.3. The van der Waals surface area contributed by atoms with Crippen LogP contribution >= 0.6 is 11.6 Å². The topological polar surface area (TPSA) is 68.5 Å². The number of halogens is 1. The lowest BCUT2D eigenvalue weighted by Crippen LogP contribution is -2.27. The molecule has 1 N–H and O–H groups in total. The molecule has 0 aliphatic heterocycles. The fourth-order valence-corrected chi connectivity index (χ4v) is 2.86. The highest BCUT2D eigenvalue weighted by molar-refractivity contribution is 6.30. The molecule has 3 aromatic rings. The molecule has 134 valence electrons. The molecular formula is C20H18ClNO4. The third-order valence-corrected chi connectivity index (χ3v) is 4.49. The lowest BCUT2D eigenvalue weighted by Gasteiger charge is -2.09. The van der Waals surface area contributed by atoms with Crippen LogP contribution in [0.25, 0.3) is 11.0 Å². The molecule has 1 aromatic heterocycles. The number of methoxy groups -OCH3 is 1. The minimum atomic E-state index is -0.509. The molecule has 0 saturated carbocycles. The van der Waals surface area contributed by atoms with Crippen LogP contribution in [0.15, 0.2) is 51.7 Å². The van der Waals surface area contributed by atoms with Gasteiger partial charge in [-0.15, -0.1) is 0 Å². The van der Waals surface area contributed by atoms with E-state index in [0.29, 0.717) is 28.5 Å². The fourth-order valence-electron chi connectivity index (χ4n) is 2.73. The van der Waals surface area contributed by atoms with Crippen LogP contribution < -0.4 is 15.7 Å². The molecule has 1 heterocycles. The Morgan fingerprint density at radius 2 is 1.92 bits per heavy atom. The smallest absolute Gasteiger partial charge is 0.340 e. The standard InChI is InChI=1S/C20H18ClNO4/c1-12-16-8-7-15(25-2)9-18(16)26-20(24)17(12)10-19(23)22-11-13-3-5-14(21)6-4-13/h3-9H,10-11H2,1-2H3,(H,22,23). The van der Waals surface area contributed by atoms with Gasteiger partial charge in [-0.05, 0) is 42.3 Å². The zero-order valence-corrected chi connectivity index (χ0v) is 15.2. The van der Waals surface area contributed by atoms with Gasteiger partial charge in [0.15, 0.2) is 0 Å². The lowest BCUT2D eigenvalue weighted by molar-refractivity contribution is -0.120. The number of carbonyl (C=O) groups is 1. The Kier molecular flexibility index (Phi) is 5.28. The Hall–Kier alpha value is -2.79. The summed E-state index contributed by atoms with van der Waals surface area (Å²) in [6, 6.07) is 12.5. The van der Waals surface area contributed by atoms with Crippen LogP contribution in [0.1, 0.15) is 16.7 Å². The maximum atomic E-state index is 12.3. The zero-order chi connectivity index (χ0) is 18.7. The molecule has 26 heavy (non-hydrogen) atoms. The first-order chi connectivity index (χ1) is 12.5. The summed E-state index contributed by atoms with van der Waals surface area (Å²) in [5.74, 6) is 0.358. The van der Waals surface area contributed by atoms with E-state index >= 15 is 0 Å². The molecule has 3 rings (SSSR count). The van der Waals surface area contributed by atoms with Crippen molar-refractivity contribution in [3.8, 4) is 5.75 Å². The van der Waals surface area contributed by atoms with Gasteiger partial charge in [0.25, 0.3) is 0 Å². The molecule has 0 spiro atoms. The first kappa shape index (κ1) is 18.0. The van der Waals surface area contributed by atoms with E-state index in [1.807, 2.05) is 25.1 Å². The van der Waals surface area contributed by atoms with Gasteiger partial charge in [0.1, 0.15) is 11.3 Å². The van der Waals surface area contributed by atoms with Crippen molar-refractivity contribution >= 4 is 28.5 Å². The van der Waals surface area contributed by atoms with Crippen molar-refractivity contribution in [3.63, 3.8) is 0 Å². The van der Waals surface area contributed by atoms with E-state index in [1.54, 1.807) is 31.4 Å². The summed E-state index contributed by atoms with van der Waals surface area (Å²) in [4.78, 5) is 24.6. The summed E-state index contributed by atoms with van der Waals surface area (Å²) in [7, 11) is 1.55. The van der Waals surface area contributed by atoms with Gasteiger partial charge in [-0.25, -0.2) is 4.79 Å². The van der Waals surface area contributed by atoms with E-state index in [1.165, 1.54) is 0 Å². The number of hydrogen-bond donors (Lipinski definition) is 1. The van der Waals surface area contributed by atoms with Gasteiger partial charge >= 0.3 is 5.63 Å². The highest BCUT2D eigenvalue weighted by Crippen LogP contribution is 2.24. The number of rotatable bonds is 5. The molecule has 0 aliphatic carbocycles. The predicted octanol–water partition coefficient (Wildman–Crippen LogP) is 3.62. The number of hydrogen-bond acceptors (Lipinski definition) is 4. The molecule has 2 aromatic carbocycles. The predicted molar refractivity (Wildman–Crippen MR) is 101 cm³/mol. The van der Waals surface area contributed by atoms with E-state index in [9.17, 15) is 9.59 Å². The highest BCUT2D eigenvalue weighted by Gasteiger charge is 2.15. The average molecular weight is 372 g/mol. The lowest BCUT2D eigenvalue weighted by atomic mass is 10.0. The van der Waals surface area contributed by atoms with Gasteiger partial charge < -0.3 is 14.5 Å². The number of aryl methyl sites for hydroxylation is 1. The normalized spacial score (nSPS) is 10.7. The molecule has 5 nitrogen and oxygen atoms in total. The van der Waals surface area contributed by atoms with Gasteiger partial charge in [-0.1, -0.05) is 23.7 Å². The number of nitrogens with one attached hydrogen (secondary N) is 1. The molecule has 0 unspecified atom stereocenters. The zero-order valence-electron chi connectivity index (χ0n) is 14.5. The number of ether oxygens (including phenoxy) is 1. The second kappa shape index (κ2) is 7.62. The molecular weight excluding hydrogens is 354 g/mol. The highest BCUT2D eigenvalue weighted by atomic mass is 35.5. The minimum Gasteiger partial charge on any atom is -0.497 e. The van der Waals surface area contributed by atoms with Crippen LogP contribution in [0.3, 0.4) is 0 Å². The Morgan fingerprint density at radius 1 is 1.19 bits per heavy atom. The van der Waals surface area contributed by atoms with Crippen LogP contribution in [0.4, 0.5) is 0 Å². The molecule has 0 bridgehead atoms. The average Bonchev–Trinajstić information content (AvgIpc) is 2.64. The summed E-state index contributed by atoms with van der Waals surface area (Å²) < 4.78 is 10.5.